The molecular formula is C19H21FN4O4S3. The molecule has 0 aliphatic carbocycles. The van der Waals surface area contributed by atoms with Gasteiger partial charge in [0.25, 0.3) is 0 Å². The van der Waals surface area contributed by atoms with E-state index >= 15 is 0 Å². The van der Waals surface area contributed by atoms with Gasteiger partial charge in [-0.15, -0.1) is 11.8 Å². The summed E-state index contributed by atoms with van der Waals surface area (Å²) in [6, 6.07) is 4.48. The zero-order chi connectivity index (χ0) is 22.6. The van der Waals surface area contributed by atoms with Crippen LogP contribution >= 0.6 is 23.5 Å². The predicted octanol–water partition coefficient (Wildman–Crippen LogP) is 2.54. The average Bonchev–Trinajstić information content (AvgIpc) is 3.22. The van der Waals surface area contributed by atoms with Gasteiger partial charge in [0.2, 0.25) is 21.8 Å². The number of nitrogens with zero attached hydrogens (tertiary/aromatic N) is 4. The number of likely N-dealkylation sites (N-methyl/N-ethyl adjacent to an activating group) is 1. The maximum absolute atomic E-state index is 13.1. The van der Waals surface area contributed by atoms with Crippen molar-refractivity contribution in [2.75, 3.05) is 39.3 Å². The van der Waals surface area contributed by atoms with Crippen LogP contribution in [-0.4, -0.2) is 72.8 Å². The highest BCUT2D eigenvalue weighted by Gasteiger charge is 2.29. The number of aromatic nitrogens is 2. The third-order valence-electron chi connectivity index (χ3n) is 4.42. The zero-order valence-corrected chi connectivity index (χ0v) is 19.6. The standard InChI is InChI=1S/C19H21FN4O4S3/c1-23(31(26,27)15-6-4-14(20)5-7-15)12-16(25)24-8-9-30-17(24)10-13-11-21-19(29-3)22-18(13)28-2/h4-7,10-11H,8-9,12H2,1-3H3/b17-10+. The topological polar surface area (TPSA) is 92.7 Å². The van der Waals surface area contributed by atoms with Crippen LogP contribution in [0.1, 0.15) is 5.56 Å². The fraction of sp³-hybridized carbons (Fsp3) is 0.316. The molecular weight excluding hydrogens is 463 g/mol. The second-order valence-electron chi connectivity index (χ2n) is 6.41. The summed E-state index contributed by atoms with van der Waals surface area (Å²) in [5.41, 5.74) is 0.620. The van der Waals surface area contributed by atoms with Crippen molar-refractivity contribution >= 4 is 45.5 Å². The number of halogens is 1. The van der Waals surface area contributed by atoms with Crippen molar-refractivity contribution < 1.29 is 22.3 Å². The minimum Gasteiger partial charge on any atom is -0.480 e. The number of thioether (sulfide) groups is 2. The molecule has 0 atom stereocenters. The van der Waals surface area contributed by atoms with Crippen LogP contribution in [0.25, 0.3) is 6.08 Å². The molecule has 0 N–H and O–H groups in total. The van der Waals surface area contributed by atoms with Crippen LogP contribution in [0.15, 0.2) is 45.5 Å². The van der Waals surface area contributed by atoms with Gasteiger partial charge in [0.05, 0.1) is 29.1 Å². The molecule has 1 aromatic heterocycles. The highest BCUT2D eigenvalue weighted by Crippen LogP contribution is 2.32. The van der Waals surface area contributed by atoms with E-state index in [4.69, 9.17) is 4.74 Å². The predicted molar refractivity (Wildman–Crippen MR) is 119 cm³/mol. The number of benzene rings is 1. The first kappa shape index (κ1) is 23.5. The van der Waals surface area contributed by atoms with Gasteiger partial charge in [-0.05, 0) is 36.6 Å². The molecule has 0 spiro atoms. The molecule has 2 heterocycles. The van der Waals surface area contributed by atoms with Crippen molar-refractivity contribution in [3.05, 3.63) is 46.9 Å². The fourth-order valence-electron chi connectivity index (χ4n) is 2.80. The van der Waals surface area contributed by atoms with E-state index < -0.39 is 15.8 Å². The summed E-state index contributed by atoms with van der Waals surface area (Å²) in [5.74, 6) is 0.164. The van der Waals surface area contributed by atoms with Crippen molar-refractivity contribution in [1.82, 2.24) is 19.2 Å². The smallest absolute Gasteiger partial charge is 0.243 e. The number of ether oxygens (including phenoxy) is 1. The van der Waals surface area contributed by atoms with E-state index in [1.54, 1.807) is 12.3 Å². The van der Waals surface area contributed by atoms with E-state index in [-0.39, 0.29) is 17.3 Å². The van der Waals surface area contributed by atoms with E-state index in [9.17, 15) is 17.6 Å². The first-order valence-corrected chi connectivity index (χ1v) is 12.7. The number of carbonyl (C=O) groups excluding carboxylic acids is 1. The molecule has 2 aromatic rings. The molecule has 0 bridgehead atoms. The van der Waals surface area contributed by atoms with E-state index in [0.29, 0.717) is 33.9 Å². The molecule has 1 aliphatic rings. The Morgan fingerprint density at radius 1 is 1.39 bits per heavy atom. The van der Waals surface area contributed by atoms with Gasteiger partial charge in [-0.25, -0.2) is 17.8 Å². The first-order valence-electron chi connectivity index (χ1n) is 9.08. The largest absolute Gasteiger partial charge is 0.480 e. The fourth-order valence-corrected chi connectivity index (χ4v) is 5.29. The summed E-state index contributed by atoms with van der Waals surface area (Å²) >= 11 is 2.86. The summed E-state index contributed by atoms with van der Waals surface area (Å²) in [7, 11) is -1.10. The molecule has 12 heteroatoms. The monoisotopic (exact) mass is 484 g/mol. The van der Waals surface area contributed by atoms with Crippen molar-refractivity contribution in [1.29, 1.82) is 0 Å². The van der Waals surface area contributed by atoms with E-state index in [1.807, 2.05) is 6.26 Å². The Balaban J connectivity index is 1.78. The molecule has 1 amide bonds. The molecule has 8 nitrogen and oxygen atoms in total. The van der Waals surface area contributed by atoms with E-state index in [1.165, 1.54) is 54.7 Å². The second kappa shape index (κ2) is 9.98. The van der Waals surface area contributed by atoms with Gasteiger partial charge in [0.1, 0.15) is 5.82 Å². The van der Waals surface area contributed by atoms with Crippen molar-refractivity contribution in [2.24, 2.45) is 0 Å². The van der Waals surface area contributed by atoms with Crippen LogP contribution < -0.4 is 4.74 Å². The van der Waals surface area contributed by atoms with E-state index in [2.05, 4.69) is 9.97 Å². The Morgan fingerprint density at radius 3 is 2.74 bits per heavy atom. The highest BCUT2D eigenvalue weighted by molar-refractivity contribution is 8.03. The quantitative estimate of drug-likeness (QED) is 0.437. The summed E-state index contributed by atoms with van der Waals surface area (Å²) in [5, 5.41) is 1.23. The van der Waals surface area contributed by atoms with Crippen LogP contribution in [0.5, 0.6) is 5.88 Å². The Bertz CT molecular complexity index is 1090. The highest BCUT2D eigenvalue weighted by atomic mass is 32.2. The van der Waals surface area contributed by atoms with Crippen LogP contribution in [0, 0.1) is 5.82 Å². The van der Waals surface area contributed by atoms with Crippen molar-refractivity contribution in [3.63, 3.8) is 0 Å². The summed E-state index contributed by atoms with van der Waals surface area (Å²) in [4.78, 5) is 22.9. The summed E-state index contributed by atoms with van der Waals surface area (Å²) in [6.07, 6.45) is 5.24. The van der Waals surface area contributed by atoms with Gasteiger partial charge < -0.3 is 9.64 Å². The molecule has 0 unspecified atom stereocenters. The number of amides is 1. The number of rotatable bonds is 7. The molecule has 0 radical (unpaired) electrons. The zero-order valence-electron chi connectivity index (χ0n) is 17.1. The third kappa shape index (κ3) is 5.37. The number of sulfonamides is 1. The molecule has 31 heavy (non-hydrogen) atoms. The van der Waals surface area contributed by atoms with Crippen molar-refractivity contribution in [3.8, 4) is 5.88 Å². The second-order valence-corrected chi connectivity index (χ2v) is 10.3. The van der Waals surface area contributed by atoms with Crippen LogP contribution in [0.4, 0.5) is 4.39 Å². The Morgan fingerprint density at radius 2 is 2.10 bits per heavy atom. The molecule has 1 fully saturated rings. The molecule has 1 aliphatic heterocycles. The van der Waals surface area contributed by atoms with Crippen LogP contribution in [0.3, 0.4) is 0 Å². The lowest BCUT2D eigenvalue weighted by Crippen LogP contribution is -2.39. The Hall–Kier alpha value is -2.15. The molecule has 1 aromatic carbocycles. The summed E-state index contributed by atoms with van der Waals surface area (Å²) in [6.45, 7) is 0.0997. The number of methoxy groups -OCH3 is 1. The molecule has 166 valence electrons. The van der Waals surface area contributed by atoms with Gasteiger partial charge in [-0.2, -0.15) is 9.29 Å². The van der Waals surface area contributed by atoms with Gasteiger partial charge in [-0.1, -0.05) is 11.8 Å². The van der Waals surface area contributed by atoms with E-state index in [0.717, 1.165) is 16.4 Å². The van der Waals surface area contributed by atoms with Crippen LogP contribution in [-0.2, 0) is 14.8 Å². The molecule has 3 rings (SSSR count). The van der Waals surface area contributed by atoms with Gasteiger partial charge in [0, 0.05) is 25.5 Å². The molecule has 1 saturated heterocycles. The first-order chi connectivity index (χ1) is 14.8. The Kier molecular flexibility index (Phi) is 7.57. The number of hydrogen-bond acceptors (Lipinski definition) is 8. The minimum atomic E-state index is -3.92. The maximum atomic E-state index is 13.1. The lowest BCUT2D eigenvalue weighted by molar-refractivity contribution is -0.128. The van der Waals surface area contributed by atoms with Gasteiger partial charge >= 0.3 is 0 Å². The third-order valence-corrected chi connectivity index (χ3v) is 7.82. The normalized spacial score (nSPS) is 15.6. The lowest BCUT2D eigenvalue weighted by Gasteiger charge is -2.22. The molecule has 0 saturated carbocycles. The Labute approximate surface area is 188 Å². The maximum Gasteiger partial charge on any atom is 0.243 e. The van der Waals surface area contributed by atoms with Crippen molar-refractivity contribution in [2.45, 2.75) is 10.1 Å². The lowest BCUT2D eigenvalue weighted by atomic mass is 10.3. The minimum absolute atomic E-state index is 0.0773. The van der Waals surface area contributed by atoms with Gasteiger partial charge in [0.15, 0.2) is 5.16 Å². The van der Waals surface area contributed by atoms with Gasteiger partial charge in [-0.3, -0.25) is 4.79 Å². The number of carbonyl (C=O) groups is 1. The number of hydrogen-bond donors (Lipinski definition) is 0. The van der Waals surface area contributed by atoms with Crippen LogP contribution in [0.2, 0.25) is 0 Å². The SMILES string of the molecule is COc1nc(SC)ncc1/C=C1/SCCN1C(=O)CN(C)S(=O)(=O)c1ccc(F)cc1. The average molecular weight is 485 g/mol. The summed E-state index contributed by atoms with van der Waals surface area (Å²) < 4.78 is 44.8.